The first-order valence-corrected chi connectivity index (χ1v) is 8.16. The van der Waals surface area contributed by atoms with Gasteiger partial charge in [-0.25, -0.2) is 0 Å². The zero-order valence-corrected chi connectivity index (χ0v) is 13.8. The summed E-state index contributed by atoms with van der Waals surface area (Å²) in [4.78, 5) is 12.4. The fourth-order valence-electron chi connectivity index (χ4n) is 2.64. The third kappa shape index (κ3) is 4.66. The van der Waals surface area contributed by atoms with Gasteiger partial charge in [-0.05, 0) is 31.7 Å². The molecule has 1 unspecified atom stereocenters. The van der Waals surface area contributed by atoms with Gasteiger partial charge >= 0.3 is 0 Å². The second-order valence-corrected chi connectivity index (χ2v) is 5.74. The minimum atomic E-state index is -0.0911. The summed E-state index contributed by atoms with van der Waals surface area (Å²) < 4.78 is 1.89. The van der Waals surface area contributed by atoms with Crippen molar-refractivity contribution in [2.24, 2.45) is 0 Å². The summed E-state index contributed by atoms with van der Waals surface area (Å²) in [6.07, 6.45) is 3.85. The summed E-state index contributed by atoms with van der Waals surface area (Å²) in [5.41, 5.74) is 2.74. The Bertz CT molecular complexity index is 622. The number of hydrogen-bond donors (Lipinski definition) is 2. The van der Waals surface area contributed by atoms with E-state index in [1.54, 1.807) is 6.20 Å². The van der Waals surface area contributed by atoms with Crippen LogP contribution in [0.25, 0.3) is 0 Å². The average molecular weight is 315 g/mol. The molecule has 0 bridgehead atoms. The minimum absolute atomic E-state index is 0.0387. The highest BCUT2D eigenvalue weighted by Gasteiger charge is 2.17. The molecular formula is C18H25N3O2. The molecule has 2 N–H and O–H groups in total. The van der Waals surface area contributed by atoms with Gasteiger partial charge in [-0.2, -0.15) is 5.10 Å². The van der Waals surface area contributed by atoms with Crippen molar-refractivity contribution in [3.63, 3.8) is 0 Å². The first-order chi connectivity index (χ1) is 11.2. The molecule has 2 aromatic rings. The summed E-state index contributed by atoms with van der Waals surface area (Å²) in [6.45, 7) is 4.80. The number of benzene rings is 1. The Balaban J connectivity index is 2.09. The monoisotopic (exact) mass is 315 g/mol. The molecule has 0 fully saturated rings. The van der Waals surface area contributed by atoms with E-state index >= 15 is 0 Å². The van der Waals surface area contributed by atoms with Crippen LogP contribution in [0.2, 0.25) is 0 Å². The molecule has 1 aromatic carbocycles. The molecule has 5 nitrogen and oxygen atoms in total. The summed E-state index contributed by atoms with van der Waals surface area (Å²) in [6, 6.07) is 10.1. The van der Waals surface area contributed by atoms with Gasteiger partial charge in [-0.15, -0.1) is 0 Å². The Morgan fingerprint density at radius 3 is 2.74 bits per heavy atom. The molecule has 1 aromatic heterocycles. The molecule has 0 saturated heterocycles. The highest BCUT2D eigenvalue weighted by atomic mass is 16.3. The van der Waals surface area contributed by atoms with Crippen molar-refractivity contribution in [1.82, 2.24) is 15.1 Å². The second-order valence-electron chi connectivity index (χ2n) is 5.74. The molecule has 1 amide bonds. The van der Waals surface area contributed by atoms with Crippen LogP contribution >= 0.6 is 0 Å². The van der Waals surface area contributed by atoms with E-state index in [-0.39, 0.29) is 18.6 Å². The Morgan fingerprint density at radius 1 is 1.35 bits per heavy atom. The van der Waals surface area contributed by atoms with Crippen LogP contribution in [0.4, 0.5) is 0 Å². The van der Waals surface area contributed by atoms with Gasteiger partial charge in [-0.1, -0.05) is 37.3 Å². The van der Waals surface area contributed by atoms with Crippen molar-refractivity contribution in [3.8, 4) is 0 Å². The van der Waals surface area contributed by atoms with E-state index in [1.807, 2.05) is 36.7 Å². The minimum Gasteiger partial charge on any atom is -0.396 e. The van der Waals surface area contributed by atoms with Gasteiger partial charge < -0.3 is 10.4 Å². The van der Waals surface area contributed by atoms with Crippen LogP contribution in [-0.4, -0.2) is 33.4 Å². The maximum Gasteiger partial charge on any atom is 0.254 e. The summed E-state index contributed by atoms with van der Waals surface area (Å²) >= 11 is 0. The van der Waals surface area contributed by atoms with Crippen molar-refractivity contribution >= 4 is 5.91 Å². The van der Waals surface area contributed by atoms with Gasteiger partial charge in [0.05, 0.1) is 24.0 Å². The molecule has 0 radical (unpaired) electrons. The first kappa shape index (κ1) is 17.2. The number of amides is 1. The number of nitrogens with one attached hydrogen (secondary N) is 1. The third-order valence-electron chi connectivity index (χ3n) is 3.88. The van der Waals surface area contributed by atoms with Crippen LogP contribution in [-0.2, 0) is 13.0 Å². The molecular weight excluding hydrogens is 290 g/mol. The molecule has 0 spiro atoms. The number of carbonyl (C=O) groups excluding carboxylic acids is 1. The van der Waals surface area contributed by atoms with E-state index in [1.165, 1.54) is 0 Å². The Labute approximate surface area is 137 Å². The first-order valence-electron chi connectivity index (χ1n) is 8.16. The van der Waals surface area contributed by atoms with Crippen molar-refractivity contribution in [3.05, 3.63) is 53.3 Å². The van der Waals surface area contributed by atoms with Crippen molar-refractivity contribution in [2.75, 3.05) is 6.61 Å². The lowest BCUT2D eigenvalue weighted by Gasteiger charge is -2.13. The van der Waals surface area contributed by atoms with Crippen LogP contribution < -0.4 is 5.32 Å². The second kappa shape index (κ2) is 8.48. The molecule has 0 aliphatic rings. The summed E-state index contributed by atoms with van der Waals surface area (Å²) in [5.74, 6) is -0.0911. The predicted molar refractivity (Wildman–Crippen MR) is 90.4 cm³/mol. The smallest absolute Gasteiger partial charge is 0.254 e. The molecule has 1 atom stereocenters. The maximum atomic E-state index is 12.4. The van der Waals surface area contributed by atoms with E-state index in [2.05, 4.69) is 22.5 Å². The number of carbonyl (C=O) groups is 1. The van der Waals surface area contributed by atoms with Gasteiger partial charge in [0.15, 0.2) is 0 Å². The molecule has 0 aliphatic carbocycles. The zero-order chi connectivity index (χ0) is 16.7. The predicted octanol–water partition coefficient (Wildman–Crippen LogP) is 2.38. The van der Waals surface area contributed by atoms with Crippen LogP contribution in [0, 0.1) is 0 Å². The van der Waals surface area contributed by atoms with E-state index in [9.17, 15) is 4.79 Å². The number of aliphatic hydroxyl groups is 1. The van der Waals surface area contributed by atoms with E-state index in [0.717, 1.165) is 24.1 Å². The zero-order valence-electron chi connectivity index (χ0n) is 13.8. The molecule has 2 rings (SSSR count). The van der Waals surface area contributed by atoms with Gasteiger partial charge in [0, 0.05) is 12.6 Å². The number of rotatable bonds is 8. The fraction of sp³-hybridized carbons (Fsp3) is 0.444. The average Bonchev–Trinajstić information content (AvgIpc) is 2.96. The summed E-state index contributed by atoms with van der Waals surface area (Å²) in [7, 11) is 0. The number of nitrogens with zero attached hydrogens (tertiary/aromatic N) is 2. The SMILES string of the molecule is CCc1c(C(=O)NC(C)CCCO)cnn1Cc1ccccc1. The molecule has 23 heavy (non-hydrogen) atoms. The number of aliphatic hydroxyl groups excluding tert-OH is 1. The third-order valence-corrected chi connectivity index (χ3v) is 3.88. The van der Waals surface area contributed by atoms with Crippen LogP contribution in [0.3, 0.4) is 0 Å². The molecule has 1 heterocycles. The normalized spacial score (nSPS) is 12.1. The molecule has 124 valence electrons. The van der Waals surface area contributed by atoms with Crippen molar-refractivity contribution in [1.29, 1.82) is 0 Å². The van der Waals surface area contributed by atoms with Crippen LogP contribution in [0.5, 0.6) is 0 Å². The topological polar surface area (TPSA) is 67.2 Å². The largest absolute Gasteiger partial charge is 0.396 e. The van der Waals surface area contributed by atoms with Crippen LogP contribution in [0.1, 0.15) is 48.3 Å². The van der Waals surface area contributed by atoms with Gasteiger partial charge in [0.2, 0.25) is 0 Å². The van der Waals surface area contributed by atoms with Gasteiger partial charge in [-0.3, -0.25) is 9.48 Å². The quantitative estimate of drug-likeness (QED) is 0.786. The standard InChI is InChI=1S/C18H25N3O2/c1-3-17-16(18(23)20-14(2)8-7-11-22)12-19-21(17)13-15-9-5-4-6-10-15/h4-6,9-10,12,14,22H,3,7-8,11,13H2,1-2H3,(H,20,23). The fourth-order valence-corrected chi connectivity index (χ4v) is 2.64. The lowest BCUT2D eigenvalue weighted by Crippen LogP contribution is -2.33. The van der Waals surface area contributed by atoms with E-state index in [4.69, 9.17) is 5.11 Å². The van der Waals surface area contributed by atoms with E-state index < -0.39 is 0 Å². The Hall–Kier alpha value is -2.14. The highest BCUT2D eigenvalue weighted by molar-refractivity contribution is 5.95. The van der Waals surface area contributed by atoms with E-state index in [0.29, 0.717) is 18.5 Å². The summed E-state index contributed by atoms with van der Waals surface area (Å²) in [5, 5.41) is 16.2. The number of hydrogen-bond acceptors (Lipinski definition) is 3. The lowest BCUT2D eigenvalue weighted by atomic mass is 10.1. The van der Waals surface area contributed by atoms with Gasteiger partial charge in [0.25, 0.3) is 5.91 Å². The Morgan fingerprint density at radius 2 is 2.09 bits per heavy atom. The molecule has 5 heteroatoms. The Kier molecular flexibility index (Phi) is 6.35. The van der Waals surface area contributed by atoms with Crippen LogP contribution in [0.15, 0.2) is 36.5 Å². The number of aromatic nitrogens is 2. The molecule has 0 aliphatic heterocycles. The molecule has 0 saturated carbocycles. The van der Waals surface area contributed by atoms with Gasteiger partial charge in [0.1, 0.15) is 0 Å². The highest BCUT2D eigenvalue weighted by Crippen LogP contribution is 2.13. The van der Waals surface area contributed by atoms with Crippen molar-refractivity contribution < 1.29 is 9.90 Å². The maximum absolute atomic E-state index is 12.4. The lowest BCUT2D eigenvalue weighted by molar-refractivity contribution is 0.0935. The van der Waals surface area contributed by atoms with Crippen molar-refractivity contribution in [2.45, 2.75) is 45.7 Å².